The summed E-state index contributed by atoms with van der Waals surface area (Å²) in [6.07, 6.45) is 5.44. The number of aliphatic hydroxyl groups excluding tert-OH is 1. The van der Waals surface area contributed by atoms with Crippen molar-refractivity contribution in [3.05, 3.63) is 0 Å². The van der Waals surface area contributed by atoms with Gasteiger partial charge >= 0.3 is 5.97 Å². The molecule has 0 aromatic heterocycles. The molecule has 0 aliphatic carbocycles. The standard InChI is InChI=1S/C12H24O3/c1-4-5-6-7-8-9-10(13)12(2,3)11(14)15/h10,13H,4-9H2,1-3H3,(H,14,15)/t10-/m0/s1. The molecule has 0 heterocycles. The van der Waals surface area contributed by atoms with Gasteiger partial charge in [-0.15, -0.1) is 0 Å². The molecule has 0 fully saturated rings. The van der Waals surface area contributed by atoms with Gasteiger partial charge in [0.1, 0.15) is 0 Å². The van der Waals surface area contributed by atoms with Gasteiger partial charge in [0, 0.05) is 0 Å². The van der Waals surface area contributed by atoms with Crippen molar-refractivity contribution in [2.75, 3.05) is 0 Å². The van der Waals surface area contributed by atoms with E-state index in [1.165, 1.54) is 19.3 Å². The van der Waals surface area contributed by atoms with E-state index in [4.69, 9.17) is 5.11 Å². The fourth-order valence-electron chi connectivity index (χ4n) is 1.44. The summed E-state index contributed by atoms with van der Waals surface area (Å²) < 4.78 is 0. The van der Waals surface area contributed by atoms with Gasteiger partial charge in [-0.2, -0.15) is 0 Å². The molecule has 0 amide bonds. The van der Waals surface area contributed by atoms with Crippen molar-refractivity contribution < 1.29 is 15.0 Å². The molecule has 2 N–H and O–H groups in total. The molecule has 0 radical (unpaired) electrons. The van der Waals surface area contributed by atoms with Gasteiger partial charge in [0.15, 0.2) is 0 Å². The van der Waals surface area contributed by atoms with Crippen LogP contribution in [0.15, 0.2) is 0 Å². The van der Waals surface area contributed by atoms with Crippen LogP contribution in [0.5, 0.6) is 0 Å². The Balaban J connectivity index is 3.73. The molecule has 0 aliphatic rings. The summed E-state index contributed by atoms with van der Waals surface area (Å²) in [6, 6.07) is 0. The Bertz CT molecular complexity index is 187. The van der Waals surface area contributed by atoms with E-state index in [0.29, 0.717) is 6.42 Å². The predicted molar refractivity (Wildman–Crippen MR) is 60.8 cm³/mol. The average Bonchev–Trinajstić information content (AvgIpc) is 2.16. The van der Waals surface area contributed by atoms with E-state index >= 15 is 0 Å². The maximum absolute atomic E-state index is 10.8. The number of unbranched alkanes of at least 4 members (excludes halogenated alkanes) is 4. The Morgan fingerprint density at radius 2 is 1.73 bits per heavy atom. The zero-order valence-corrected chi connectivity index (χ0v) is 10.1. The van der Waals surface area contributed by atoms with E-state index in [0.717, 1.165) is 12.8 Å². The monoisotopic (exact) mass is 216 g/mol. The first kappa shape index (κ1) is 14.4. The first-order valence-corrected chi connectivity index (χ1v) is 5.84. The highest BCUT2D eigenvalue weighted by molar-refractivity contribution is 5.74. The summed E-state index contributed by atoms with van der Waals surface area (Å²) in [5.74, 6) is -0.927. The first-order valence-electron chi connectivity index (χ1n) is 5.84. The van der Waals surface area contributed by atoms with Gasteiger partial charge in [-0.3, -0.25) is 4.79 Å². The lowest BCUT2D eigenvalue weighted by molar-refractivity contribution is -0.153. The molecule has 0 aromatic rings. The second-order valence-electron chi connectivity index (χ2n) is 4.75. The van der Waals surface area contributed by atoms with Crippen molar-refractivity contribution >= 4 is 5.97 Å². The van der Waals surface area contributed by atoms with E-state index in [9.17, 15) is 9.90 Å². The third-order valence-electron chi connectivity index (χ3n) is 2.97. The highest BCUT2D eigenvalue weighted by Crippen LogP contribution is 2.25. The Morgan fingerprint density at radius 3 is 2.20 bits per heavy atom. The van der Waals surface area contributed by atoms with Crippen molar-refractivity contribution in [1.29, 1.82) is 0 Å². The molecule has 1 atom stereocenters. The lowest BCUT2D eigenvalue weighted by Gasteiger charge is -2.25. The summed E-state index contributed by atoms with van der Waals surface area (Å²) in [6.45, 7) is 5.31. The molecule has 0 rings (SSSR count). The van der Waals surface area contributed by atoms with Gasteiger partial charge in [0.05, 0.1) is 11.5 Å². The van der Waals surface area contributed by atoms with Crippen molar-refractivity contribution in [2.24, 2.45) is 5.41 Å². The molecular formula is C12H24O3. The van der Waals surface area contributed by atoms with Gasteiger partial charge in [0.2, 0.25) is 0 Å². The highest BCUT2D eigenvalue weighted by atomic mass is 16.4. The number of carbonyl (C=O) groups is 1. The van der Waals surface area contributed by atoms with Crippen LogP contribution in [0, 0.1) is 5.41 Å². The van der Waals surface area contributed by atoms with E-state index in [-0.39, 0.29) is 0 Å². The molecule has 0 saturated carbocycles. The minimum Gasteiger partial charge on any atom is -0.481 e. The van der Waals surface area contributed by atoms with Crippen molar-refractivity contribution in [2.45, 2.75) is 65.4 Å². The van der Waals surface area contributed by atoms with Crippen LogP contribution in [0.2, 0.25) is 0 Å². The summed E-state index contributed by atoms with van der Waals surface area (Å²) in [4.78, 5) is 10.8. The van der Waals surface area contributed by atoms with E-state index in [1.807, 2.05) is 0 Å². The van der Waals surface area contributed by atoms with Crippen LogP contribution in [0.1, 0.15) is 59.3 Å². The second kappa shape index (κ2) is 6.83. The minimum absolute atomic E-state index is 0.586. The topological polar surface area (TPSA) is 57.5 Å². The quantitative estimate of drug-likeness (QED) is 0.613. The summed E-state index contributed by atoms with van der Waals surface area (Å²) in [5.41, 5.74) is -1.02. The van der Waals surface area contributed by atoms with E-state index in [2.05, 4.69) is 6.92 Å². The number of aliphatic carboxylic acids is 1. The molecule has 0 saturated heterocycles. The third kappa shape index (κ3) is 5.17. The summed E-state index contributed by atoms with van der Waals surface area (Å²) in [7, 11) is 0. The third-order valence-corrected chi connectivity index (χ3v) is 2.97. The van der Waals surface area contributed by atoms with Gasteiger partial charge < -0.3 is 10.2 Å². The minimum atomic E-state index is -1.02. The van der Waals surface area contributed by atoms with Crippen molar-refractivity contribution in [3.8, 4) is 0 Å². The zero-order chi connectivity index (χ0) is 11.9. The average molecular weight is 216 g/mol. The van der Waals surface area contributed by atoms with E-state index in [1.54, 1.807) is 13.8 Å². The molecule has 0 unspecified atom stereocenters. The number of hydrogen-bond acceptors (Lipinski definition) is 2. The molecule has 0 spiro atoms. The van der Waals surface area contributed by atoms with Crippen LogP contribution in [0.4, 0.5) is 0 Å². The van der Waals surface area contributed by atoms with E-state index < -0.39 is 17.5 Å². The van der Waals surface area contributed by atoms with Crippen LogP contribution >= 0.6 is 0 Å². The van der Waals surface area contributed by atoms with Gasteiger partial charge in [-0.05, 0) is 20.3 Å². The van der Waals surface area contributed by atoms with Crippen LogP contribution < -0.4 is 0 Å². The summed E-state index contributed by atoms with van der Waals surface area (Å²) >= 11 is 0. The van der Waals surface area contributed by atoms with Crippen molar-refractivity contribution in [1.82, 2.24) is 0 Å². The fraction of sp³-hybridized carbons (Fsp3) is 0.917. The Labute approximate surface area is 92.5 Å². The number of carboxylic acid groups (broad SMARTS) is 1. The SMILES string of the molecule is CCCCCCC[C@H](O)C(C)(C)C(=O)O. The van der Waals surface area contributed by atoms with Gasteiger partial charge in [-0.1, -0.05) is 39.0 Å². The maximum atomic E-state index is 10.8. The van der Waals surface area contributed by atoms with Crippen LogP contribution in [-0.2, 0) is 4.79 Å². The maximum Gasteiger partial charge on any atom is 0.311 e. The van der Waals surface area contributed by atoms with Crippen LogP contribution in [-0.4, -0.2) is 22.3 Å². The largest absolute Gasteiger partial charge is 0.481 e. The lowest BCUT2D eigenvalue weighted by Crippen LogP contribution is -2.36. The van der Waals surface area contributed by atoms with Gasteiger partial charge in [-0.25, -0.2) is 0 Å². The molecule has 3 heteroatoms. The van der Waals surface area contributed by atoms with Crippen molar-refractivity contribution in [3.63, 3.8) is 0 Å². The molecule has 0 aromatic carbocycles. The Kier molecular flexibility index (Phi) is 6.57. The smallest absolute Gasteiger partial charge is 0.311 e. The number of aliphatic hydroxyl groups is 1. The fourth-order valence-corrected chi connectivity index (χ4v) is 1.44. The highest BCUT2D eigenvalue weighted by Gasteiger charge is 2.34. The molecule has 15 heavy (non-hydrogen) atoms. The zero-order valence-electron chi connectivity index (χ0n) is 10.1. The molecule has 0 aliphatic heterocycles. The first-order chi connectivity index (χ1) is 6.92. The second-order valence-corrected chi connectivity index (χ2v) is 4.75. The molecular weight excluding hydrogens is 192 g/mol. The normalized spacial score (nSPS) is 13.9. The number of carboxylic acids is 1. The number of rotatable bonds is 8. The lowest BCUT2D eigenvalue weighted by atomic mass is 9.84. The molecule has 3 nitrogen and oxygen atoms in total. The Hall–Kier alpha value is -0.570. The predicted octanol–water partition coefficient (Wildman–Crippen LogP) is 2.82. The van der Waals surface area contributed by atoms with Gasteiger partial charge in [0.25, 0.3) is 0 Å². The molecule has 90 valence electrons. The number of hydrogen-bond donors (Lipinski definition) is 2. The molecule has 0 bridgehead atoms. The van der Waals surface area contributed by atoms with Crippen LogP contribution in [0.3, 0.4) is 0 Å². The Morgan fingerprint density at radius 1 is 1.20 bits per heavy atom. The van der Waals surface area contributed by atoms with Crippen LogP contribution in [0.25, 0.3) is 0 Å². The summed E-state index contributed by atoms with van der Waals surface area (Å²) in [5, 5.41) is 18.6.